The average molecular weight is 416 g/mol. The van der Waals surface area contributed by atoms with E-state index in [2.05, 4.69) is 21.2 Å². The van der Waals surface area contributed by atoms with E-state index in [1.54, 1.807) is 31.2 Å². The second-order valence-electron chi connectivity index (χ2n) is 5.87. The average Bonchev–Trinajstić information content (AvgIpc) is 2.52. The molecular formula is C18H17BrF3NO2. The smallest absolute Gasteiger partial charge is 0.416 e. The summed E-state index contributed by atoms with van der Waals surface area (Å²) in [7, 11) is 0. The number of ether oxygens (including phenoxy) is 2. The summed E-state index contributed by atoms with van der Waals surface area (Å²) in [6.45, 7) is 3.23. The Balaban J connectivity index is 1.79. The van der Waals surface area contributed by atoms with E-state index in [1.165, 1.54) is 6.07 Å². The van der Waals surface area contributed by atoms with E-state index in [-0.39, 0.29) is 6.10 Å². The van der Waals surface area contributed by atoms with Gasteiger partial charge in [-0.1, -0.05) is 28.1 Å². The van der Waals surface area contributed by atoms with Crippen molar-refractivity contribution in [3.05, 3.63) is 58.1 Å². The van der Waals surface area contributed by atoms with Gasteiger partial charge in [-0.05, 0) is 42.8 Å². The summed E-state index contributed by atoms with van der Waals surface area (Å²) in [5.41, 5.74) is -0.234. The minimum Gasteiger partial charge on any atom is -0.484 e. The van der Waals surface area contributed by atoms with E-state index in [0.29, 0.717) is 17.1 Å². The summed E-state index contributed by atoms with van der Waals surface area (Å²) in [6, 6.07) is 10.5. The molecule has 0 unspecified atom stereocenters. The zero-order chi connectivity index (χ0) is 18.0. The van der Waals surface area contributed by atoms with Gasteiger partial charge in [0.1, 0.15) is 12.2 Å². The minimum atomic E-state index is -4.38. The van der Waals surface area contributed by atoms with Gasteiger partial charge in [-0.3, -0.25) is 0 Å². The minimum absolute atomic E-state index is 0.0699. The van der Waals surface area contributed by atoms with Gasteiger partial charge in [0.15, 0.2) is 11.5 Å². The van der Waals surface area contributed by atoms with Gasteiger partial charge in [0.25, 0.3) is 0 Å². The van der Waals surface area contributed by atoms with Gasteiger partial charge in [-0.25, -0.2) is 0 Å². The number of nitrogens with one attached hydrogen (secondary N) is 1. The summed E-state index contributed by atoms with van der Waals surface area (Å²) in [6.07, 6.45) is -4.86. The van der Waals surface area contributed by atoms with Crippen LogP contribution in [0.4, 0.5) is 13.2 Å². The molecule has 1 fully saturated rings. The Labute approximate surface area is 152 Å². The molecule has 1 aliphatic heterocycles. The fourth-order valence-electron chi connectivity index (χ4n) is 2.42. The van der Waals surface area contributed by atoms with Crippen molar-refractivity contribution in [1.82, 2.24) is 5.32 Å². The van der Waals surface area contributed by atoms with Crippen LogP contribution in [-0.2, 0) is 6.18 Å². The monoisotopic (exact) mass is 415 g/mol. The van der Waals surface area contributed by atoms with Crippen LogP contribution < -0.4 is 14.8 Å². The maximum atomic E-state index is 12.9. The van der Waals surface area contributed by atoms with E-state index in [1.807, 2.05) is 0 Å². The number of benzene rings is 2. The van der Waals surface area contributed by atoms with Crippen molar-refractivity contribution in [2.45, 2.75) is 25.3 Å². The molecule has 1 N–H and O–H groups in total. The number of alkyl halides is 3. The molecule has 134 valence electrons. The third-order valence-corrected chi connectivity index (χ3v) is 4.42. The Bertz CT molecular complexity index is 747. The molecule has 1 aliphatic rings. The van der Waals surface area contributed by atoms with Crippen LogP contribution in [0.5, 0.6) is 11.5 Å². The zero-order valence-corrected chi connectivity index (χ0v) is 15.0. The molecule has 0 amide bonds. The van der Waals surface area contributed by atoms with Gasteiger partial charge in [0.05, 0.1) is 5.56 Å². The Kier molecular flexibility index (Phi) is 5.24. The lowest BCUT2D eigenvalue weighted by atomic mass is 10.1. The van der Waals surface area contributed by atoms with Crippen molar-refractivity contribution in [3.63, 3.8) is 0 Å². The summed E-state index contributed by atoms with van der Waals surface area (Å²) in [5, 5.41) is 3.12. The highest BCUT2D eigenvalue weighted by Crippen LogP contribution is 2.36. The van der Waals surface area contributed by atoms with Gasteiger partial charge in [0, 0.05) is 17.6 Å². The maximum Gasteiger partial charge on any atom is 0.416 e. The number of hydrogen-bond donors (Lipinski definition) is 1. The highest BCUT2D eigenvalue weighted by Gasteiger charge is 2.31. The summed E-state index contributed by atoms with van der Waals surface area (Å²) in [4.78, 5) is 0. The first-order valence-corrected chi connectivity index (χ1v) is 8.63. The highest BCUT2D eigenvalue weighted by molar-refractivity contribution is 9.10. The van der Waals surface area contributed by atoms with E-state index in [0.717, 1.165) is 29.7 Å². The van der Waals surface area contributed by atoms with E-state index < -0.39 is 17.8 Å². The lowest BCUT2D eigenvalue weighted by molar-refractivity contribution is -0.137. The molecule has 3 nitrogen and oxygen atoms in total. The Morgan fingerprint density at radius 2 is 1.88 bits per heavy atom. The molecule has 0 aromatic heterocycles. The normalized spacial score (nSPS) is 16.2. The van der Waals surface area contributed by atoms with Crippen LogP contribution in [0.25, 0.3) is 0 Å². The van der Waals surface area contributed by atoms with E-state index in [4.69, 9.17) is 9.47 Å². The third-order valence-electron chi connectivity index (χ3n) is 3.93. The molecule has 7 heteroatoms. The van der Waals surface area contributed by atoms with Crippen molar-refractivity contribution in [3.8, 4) is 11.5 Å². The molecule has 0 aliphatic carbocycles. The Morgan fingerprint density at radius 3 is 2.52 bits per heavy atom. The van der Waals surface area contributed by atoms with Crippen molar-refractivity contribution >= 4 is 15.9 Å². The zero-order valence-electron chi connectivity index (χ0n) is 13.4. The topological polar surface area (TPSA) is 30.5 Å². The third kappa shape index (κ3) is 4.46. The lowest BCUT2D eigenvalue weighted by Gasteiger charge is -2.29. The Hall–Kier alpha value is -1.73. The number of halogens is 4. The molecule has 0 spiro atoms. The molecule has 1 atom stereocenters. The molecule has 25 heavy (non-hydrogen) atoms. The van der Waals surface area contributed by atoms with Crippen molar-refractivity contribution in [1.29, 1.82) is 0 Å². The first-order valence-electron chi connectivity index (χ1n) is 7.83. The predicted molar refractivity (Wildman–Crippen MR) is 91.9 cm³/mol. The van der Waals surface area contributed by atoms with Crippen LogP contribution in [0, 0.1) is 0 Å². The molecule has 1 heterocycles. The number of rotatable bonds is 5. The summed E-state index contributed by atoms with van der Waals surface area (Å²) < 4.78 is 51.3. The first kappa shape index (κ1) is 18.1. The molecule has 0 saturated carbocycles. The van der Waals surface area contributed by atoms with Crippen LogP contribution >= 0.6 is 15.9 Å². The van der Waals surface area contributed by atoms with Crippen LogP contribution in [0.15, 0.2) is 46.9 Å². The standard InChI is InChI=1S/C18H17BrF3NO2/c1-11(12-3-2-4-13(7-12)18(20,21)22)24-16-6-5-14(19)8-17(16)25-15-9-23-10-15/h2-8,11,15,23H,9-10H2,1H3/t11-/m1/s1. The molecule has 0 bridgehead atoms. The van der Waals surface area contributed by atoms with Gasteiger partial charge < -0.3 is 14.8 Å². The summed E-state index contributed by atoms with van der Waals surface area (Å²) in [5.74, 6) is 1.07. The first-order chi connectivity index (χ1) is 11.8. The molecule has 2 aromatic carbocycles. The molecular weight excluding hydrogens is 399 g/mol. The van der Waals surface area contributed by atoms with Crippen LogP contribution in [0.1, 0.15) is 24.2 Å². The summed E-state index contributed by atoms with van der Waals surface area (Å²) >= 11 is 3.39. The van der Waals surface area contributed by atoms with Crippen molar-refractivity contribution in [2.24, 2.45) is 0 Å². The maximum absolute atomic E-state index is 12.9. The number of hydrogen-bond acceptors (Lipinski definition) is 3. The van der Waals surface area contributed by atoms with Gasteiger partial charge in [-0.15, -0.1) is 0 Å². The highest BCUT2D eigenvalue weighted by atomic mass is 79.9. The largest absolute Gasteiger partial charge is 0.484 e. The second-order valence-corrected chi connectivity index (χ2v) is 6.79. The van der Waals surface area contributed by atoms with Gasteiger partial charge in [-0.2, -0.15) is 13.2 Å². The SMILES string of the molecule is C[C@@H](Oc1ccc(Br)cc1OC1CNC1)c1cccc(C(F)(F)F)c1. The molecule has 1 saturated heterocycles. The quantitative estimate of drug-likeness (QED) is 0.748. The molecule has 0 radical (unpaired) electrons. The van der Waals surface area contributed by atoms with Gasteiger partial charge >= 0.3 is 6.18 Å². The van der Waals surface area contributed by atoms with Crippen LogP contribution in [0.3, 0.4) is 0 Å². The van der Waals surface area contributed by atoms with Gasteiger partial charge in [0.2, 0.25) is 0 Å². The van der Waals surface area contributed by atoms with Crippen LogP contribution in [-0.4, -0.2) is 19.2 Å². The predicted octanol–water partition coefficient (Wildman–Crippen LogP) is 4.96. The second kappa shape index (κ2) is 7.25. The molecule has 2 aromatic rings. The van der Waals surface area contributed by atoms with E-state index in [9.17, 15) is 13.2 Å². The van der Waals surface area contributed by atoms with Crippen molar-refractivity contribution in [2.75, 3.05) is 13.1 Å². The van der Waals surface area contributed by atoms with E-state index >= 15 is 0 Å². The molecule has 3 rings (SSSR count). The fourth-order valence-corrected chi connectivity index (χ4v) is 2.76. The van der Waals surface area contributed by atoms with Crippen LogP contribution in [0.2, 0.25) is 0 Å². The fraction of sp³-hybridized carbons (Fsp3) is 0.333. The van der Waals surface area contributed by atoms with Crippen molar-refractivity contribution < 1.29 is 22.6 Å². The lowest BCUT2D eigenvalue weighted by Crippen LogP contribution is -2.50. The Morgan fingerprint density at radius 1 is 1.12 bits per heavy atom.